The van der Waals surface area contributed by atoms with Gasteiger partial charge in [-0.3, -0.25) is 0 Å². The number of hydrogen-bond donors (Lipinski definition) is 0. The molecule has 206 valence electrons. The normalized spacial score (nSPS) is 11.2. The van der Waals surface area contributed by atoms with E-state index in [0.29, 0.717) is 0 Å². The van der Waals surface area contributed by atoms with E-state index in [9.17, 15) is 0 Å². The number of benzene rings is 5. The summed E-state index contributed by atoms with van der Waals surface area (Å²) >= 11 is -0.441. The Bertz CT molecular complexity index is 1450. The van der Waals surface area contributed by atoms with Gasteiger partial charge in [0.1, 0.15) is 0 Å². The van der Waals surface area contributed by atoms with Crippen LogP contribution in [-0.4, -0.2) is 0 Å². The Hall–Kier alpha value is -2.84. The Balaban J connectivity index is 1.17. The van der Waals surface area contributed by atoms with Crippen LogP contribution in [0, 0.1) is 55.8 Å². The van der Waals surface area contributed by atoms with Crippen molar-refractivity contribution in [1.82, 2.24) is 0 Å². The molecule has 0 amide bonds. The zero-order chi connectivity index (χ0) is 28.2. The van der Waals surface area contributed by atoms with Gasteiger partial charge in [0.15, 0.2) is 0 Å². The van der Waals surface area contributed by atoms with Crippen LogP contribution in [0.4, 0.5) is 0 Å². The van der Waals surface area contributed by atoms with E-state index in [-0.39, 0.29) is 42.4 Å². The quantitative estimate of drug-likeness (QED) is 0.227. The zero-order valence-corrected chi connectivity index (χ0v) is 28.1. The van der Waals surface area contributed by atoms with Crippen LogP contribution in [0.1, 0.15) is 33.4 Å². The van der Waals surface area contributed by atoms with Crippen molar-refractivity contribution in [1.29, 1.82) is 0 Å². The maximum absolute atomic E-state index is 6.11. The number of hydrogen-bond acceptors (Lipinski definition) is 2. The van der Waals surface area contributed by atoms with Gasteiger partial charge < -0.3 is 0 Å². The zero-order valence-electron chi connectivity index (χ0n) is 23.8. The first kappa shape index (κ1) is 28.7. The molecule has 0 bridgehead atoms. The molecule has 0 aliphatic heterocycles. The average Bonchev–Trinajstić information content (AvgIpc) is 2.91. The predicted octanol–water partition coefficient (Wildman–Crippen LogP) is 3.38. The molecule has 0 aromatic heterocycles. The van der Waals surface area contributed by atoms with Crippen molar-refractivity contribution < 1.29 is 51.9 Å². The van der Waals surface area contributed by atoms with E-state index >= 15 is 0 Å². The topological polar surface area (TPSA) is 18.5 Å². The molecule has 0 saturated carbocycles. The van der Waals surface area contributed by atoms with Crippen LogP contribution < -0.4 is 51.9 Å². The SMILES string of the molecule is Cc1cc(C)c([I-]c2ccc(Oc3ccc(Oc4ccc([I-]c5c(C)cc(C)cc5C)cc4)cc3)cc2)c(C)c1. The summed E-state index contributed by atoms with van der Waals surface area (Å²) in [7, 11) is 0. The molecule has 0 radical (unpaired) electrons. The second-order valence-electron chi connectivity index (χ2n) is 10.2. The third kappa shape index (κ3) is 7.26. The van der Waals surface area contributed by atoms with Crippen molar-refractivity contribution in [3.63, 3.8) is 0 Å². The van der Waals surface area contributed by atoms with Gasteiger partial charge >= 0.3 is 261 Å². The van der Waals surface area contributed by atoms with Gasteiger partial charge in [-0.05, 0) is 0 Å². The first-order valence-corrected chi connectivity index (χ1v) is 17.7. The first-order valence-electron chi connectivity index (χ1n) is 13.3. The fourth-order valence-electron chi connectivity index (χ4n) is 4.82. The first-order chi connectivity index (χ1) is 19.2. The summed E-state index contributed by atoms with van der Waals surface area (Å²) in [5, 5.41) is 0. The second-order valence-corrected chi connectivity index (χ2v) is 15.9. The minimum absolute atomic E-state index is 0.221. The van der Waals surface area contributed by atoms with E-state index in [1.54, 1.807) is 0 Å². The summed E-state index contributed by atoms with van der Waals surface area (Å²) in [6, 6.07) is 34.1. The number of ether oxygens (including phenoxy) is 2. The Kier molecular flexibility index (Phi) is 9.16. The molecule has 0 fully saturated rings. The Morgan fingerprint density at radius 2 is 0.625 bits per heavy atom. The number of halogens is 2. The molecule has 40 heavy (non-hydrogen) atoms. The van der Waals surface area contributed by atoms with Crippen LogP contribution in [0.25, 0.3) is 0 Å². The Morgan fingerprint density at radius 1 is 0.375 bits per heavy atom. The fourth-order valence-corrected chi connectivity index (χ4v) is 9.83. The van der Waals surface area contributed by atoms with Crippen LogP contribution >= 0.6 is 0 Å². The van der Waals surface area contributed by atoms with E-state index in [1.165, 1.54) is 47.7 Å². The minimum atomic E-state index is -0.221. The van der Waals surface area contributed by atoms with E-state index in [1.807, 2.05) is 24.3 Å². The van der Waals surface area contributed by atoms with E-state index < -0.39 is 0 Å². The molecule has 0 heterocycles. The molecule has 5 rings (SSSR count). The van der Waals surface area contributed by atoms with Crippen molar-refractivity contribution in [2.45, 2.75) is 41.5 Å². The van der Waals surface area contributed by atoms with E-state index in [0.717, 1.165) is 23.0 Å². The molecule has 4 heteroatoms. The van der Waals surface area contributed by atoms with Gasteiger partial charge in [-0.1, -0.05) is 0 Å². The second kappa shape index (κ2) is 12.8. The molecular formula is C36H34I2O2-2. The molecule has 0 N–H and O–H groups in total. The number of rotatable bonds is 8. The molecule has 0 unspecified atom stereocenters. The summed E-state index contributed by atoms with van der Waals surface area (Å²) in [6.45, 7) is 13.2. The summed E-state index contributed by atoms with van der Waals surface area (Å²) in [5.74, 6) is 3.28. The van der Waals surface area contributed by atoms with Gasteiger partial charge in [0.05, 0.1) is 0 Å². The molecule has 0 atom stereocenters. The molecule has 0 spiro atoms. The van der Waals surface area contributed by atoms with Gasteiger partial charge in [-0.25, -0.2) is 0 Å². The van der Waals surface area contributed by atoms with Crippen molar-refractivity contribution in [3.05, 3.63) is 145 Å². The van der Waals surface area contributed by atoms with Gasteiger partial charge in [-0.15, -0.1) is 0 Å². The molecule has 5 aromatic rings. The van der Waals surface area contributed by atoms with Crippen LogP contribution in [0.2, 0.25) is 0 Å². The van der Waals surface area contributed by atoms with Gasteiger partial charge in [0.25, 0.3) is 0 Å². The number of aryl methyl sites for hydroxylation is 6. The Labute approximate surface area is 259 Å². The Morgan fingerprint density at radius 3 is 0.900 bits per heavy atom. The summed E-state index contributed by atoms with van der Waals surface area (Å²) in [4.78, 5) is 0. The van der Waals surface area contributed by atoms with Crippen molar-refractivity contribution >= 4 is 0 Å². The predicted molar refractivity (Wildman–Crippen MR) is 156 cm³/mol. The van der Waals surface area contributed by atoms with Crippen molar-refractivity contribution in [3.8, 4) is 23.0 Å². The van der Waals surface area contributed by atoms with Crippen LogP contribution in [0.5, 0.6) is 23.0 Å². The molecular weight excluding hydrogens is 718 g/mol. The third-order valence-electron chi connectivity index (χ3n) is 6.49. The molecule has 0 aliphatic carbocycles. The molecule has 2 nitrogen and oxygen atoms in total. The standard InChI is InChI=1S/C36H34I2O2/c1-23-19-25(3)35(26(4)20-23)37-29-7-11-31(12-8-29)39-33-15-17-34(18-16-33)40-32-13-9-30(10-14-32)38-36-27(5)21-24(2)22-28(36)6/h7-22H,1-6H3/q-2. The van der Waals surface area contributed by atoms with E-state index in [4.69, 9.17) is 9.47 Å². The summed E-state index contributed by atoms with van der Waals surface area (Å²) in [6.07, 6.45) is 0. The van der Waals surface area contributed by atoms with E-state index in [2.05, 4.69) is 114 Å². The monoisotopic (exact) mass is 752 g/mol. The molecule has 0 saturated heterocycles. The molecule has 0 aliphatic rings. The summed E-state index contributed by atoms with van der Waals surface area (Å²) in [5.41, 5.74) is 8.27. The van der Waals surface area contributed by atoms with Gasteiger partial charge in [0, 0.05) is 0 Å². The third-order valence-corrected chi connectivity index (χ3v) is 13.7. The van der Waals surface area contributed by atoms with Crippen LogP contribution in [0.15, 0.2) is 97.1 Å². The fraction of sp³-hybridized carbons (Fsp3) is 0.167. The summed E-state index contributed by atoms with van der Waals surface area (Å²) < 4.78 is 18.0. The van der Waals surface area contributed by atoms with Crippen molar-refractivity contribution in [2.75, 3.05) is 0 Å². The van der Waals surface area contributed by atoms with Gasteiger partial charge in [-0.2, -0.15) is 0 Å². The maximum atomic E-state index is 6.11. The van der Waals surface area contributed by atoms with Crippen LogP contribution in [0.3, 0.4) is 0 Å². The van der Waals surface area contributed by atoms with Crippen LogP contribution in [-0.2, 0) is 0 Å². The average molecular weight is 752 g/mol. The van der Waals surface area contributed by atoms with Gasteiger partial charge in [0.2, 0.25) is 0 Å². The molecule has 5 aromatic carbocycles. The van der Waals surface area contributed by atoms with Crippen molar-refractivity contribution in [2.24, 2.45) is 0 Å².